The van der Waals surface area contributed by atoms with Crippen molar-refractivity contribution in [3.8, 4) is 11.3 Å². The molecule has 0 unspecified atom stereocenters. The molecule has 4 aromatic rings. The van der Waals surface area contributed by atoms with E-state index in [-0.39, 0.29) is 31.7 Å². The SMILES string of the molecule is C.CN1CCN(C(=N)NC(=O)c2ccc(Nc3ncc4c(n3)-c3ccc(Cl)cc3C(c3ccccc3F)=NC4)cc2)CC1. The summed E-state index contributed by atoms with van der Waals surface area (Å²) in [5.74, 6) is -0.238. The second-order valence-corrected chi connectivity index (χ2v) is 10.6. The third-order valence-corrected chi connectivity index (χ3v) is 7.58. The van der Waals surface area contributed by atoms with E-state index in [9.17, 15) is 9.18 Å². The standard InChI is InChI=1S/C31H28ClFN8O.CH4/c1-40-12-14-41(15-13-40)30(34)39-29(42)19-6-9-22(10-7-19)37-31-36-18-20-17-35-28(24-4-2-3-5-26(24)33)25-16-21(32)8-11-23(25)27(20)38-31;/h2-11,16,18H,12-15,17H2,1H3,(H2,34,39,42)(H,36,37,38);1H4. The highest BCUT2D eigenvalue weighted by Gasteiger charge is 2.23. The molecule has 3 N–H and O–H groups in total. The van der Waals surface area contributed by atoms with Crippen LogP contribution in [0.2, 0.25) is 5.02 Å². The summed E-state index contributed by atoms with van der Waals surface area (Å²) in [6.45, 7) is 3.38. The number of guanidine groups is 1. The zero-order valence-electron chi connectivity index (χ0n) is 22.9. The number of nitrogens with one attached hydrogen (secondary N) is 3. The van der Waals surface area contributed by atoms with E-state index in [0.717, 1.165) is 24.2 Å². The Bertz CT molecular complexity index is 1700. The minimum absolute atomic E-state index is 0. The average Bonchev–Trinajstić information content (AvgIpc) is 3.14. The summed E-state index contributed by atoms with van der Waals surface area (Å²) in [5.41, 5.74) is 4.95. The average molecular weight is 599 g/mol. The molecule has 6 rings (SSSR count). The van der Waals surface area contributed by atoms with Gasteiger partial charge in [0.15, 0.2) is 5.96 Å². The molecule has 1 amide bonds. The maximum absolute atomic E-state index is 14.8. The van der Waals surface area contributed by atoms with Crippen molar-refractivity contribution in [1.29, 1.82) is 5.41 Å². The number of aliphatic imine (C=N–C) groups is 1. The maximum Gasteiger partial charge on any atom is 0.257 e. The fraction of sp³-hybridized carbons (Fsp3) is 0.219. The first-order valence-corrected chi connectivity index (χ1v) is 13.9. The van der Waals surface area contributed by atoms with Gasteiger partial charge in [0.2, 0.25) is 5.95 Å². The van der Waals surface area contributed by atoms with Crippen LogP contribution in [-0.2, 0) is 6.54 Å². The van der Waals surface area contributed by atoms with Gasteiger partial charge in [-0.05, 0) is 55.6 Å². The van der Waals surface area contributed by atoms with Crippen molar-refractivity contribution in [2.75, 3.05) is 38.5 Å². The number of nitrogens with zero attached hydrogens (tertiary/aromatic N) is 5. The lowest BCUT2D eigenvalue weighted by atomic mass is 9.95. The normalized spacial score (nSPS) is 14.4. The van der Waals surface area contributed by atoms with Crippen LogP contribution >= 0.6 is 11.6 Å². The van der Waals surface area contributed by atoms with Crippen molar-refractivity contribution in [3.05, 3.63) is 106 Å². The number of anilines is 2. The van der Waals surface area contributed by atoms with Crippen LogP contribution < -0.4 is 10.6 Å². The molecular formula is C32H32ClFN8O. The molecule has 0 aliphatic carbocycles. The van der Waals surface area contributed by atoms with Gasteiger partial charge in [0, 0.05) is 70.9 Å². The number of rotatable bonds is 4. The first-order chi connectivity index (χ1) is 20.4. The fourth-order valence-corrected chi connectivity index (χ4v) is 5.16. The van der Waals surface area contributed by atoms with Gasteiger partial charge in [0.25, 0.3) is 5.91 Å². The first kappa shape index (κ1) is 29.8. The van der Waals surface area contributed by atoms with Crippen LogP contribution in [0.1, 0.15) is 34.5 Å². The topological polar surface area (TPSA) is 110 Å². The molecule has 11 heteroatoms. The molecule has 0 radical (unpaired) electrons. The predicted molar refractivity (Wildman–Crippen MR) is 169 cm³/mol. The number of hydrogen-bond donors (Lipinski definition) is 3. The Hall–Kier alpha value is -4.67. The van der Waals surface area contributed by atoms with E-state index in [0.29, 0.717) is 57.8 Å². The third kappa shape index (κ3) is 6.40. The van der Waals surface area contributed by atoms with E-state index in [4.69, 9.17) is 27.0 Å². The number of halogens is 2. The Balaban J connectivity index is 0.00000368. The quantitative estimate of drug-likeness (QED) is 0.209. The summed E-state index contributed by atoms with van der Waals surface area (Å²) < 4.78 is 14.8. The second-order valence-electron chi connectivity index (χ2n) is 10.2. The van der Waals surface area contributed by atoms with Gasteiger partial charge in [-0.1, -0.05) is 37.2 Å². The molecule has 0 saturated carbocycles. The Labute approximate surface area is 255 Å². The van der Waals surface area contributed by atoms with Crippen molar-refractivity contribution in [2.24, 2.45) is 4.99 Å². The molecule has 2 aliphatic heterocycles. The second kappa shape index (κ2) is 12.7. The highest BCUT2D eigenvalue weighted by Crippen LogP contribution is 2.34. The minimum Gasteiger partial charge on any atom is -0.340 e. The number of piperazine rings is 1. The number of carbonyl (C=O) groups excluding carboxylic acids is 1. The number of amides is 1. The van der Waals surface area contributed by atoms with Crippen molar-refractivity contribution >= 4 is 40.8 Å². The summed E-state index contributed by atoms with van der Waals surface area (Å²) in [6.07, 6.45) is 1.71. The first-order valence-electron chi connectivity index (χ1n) is 13.5. The monoisotopic (exact) mass is 598 g/mol. The lowest BCUT2D eigenvalue weighted by Gasteiger charge is -2.33. The van der Waals surface area contributed by atoms with Crippen molar-refractivity contribution in [3.63, 3.8) is 0 Å². The highest BCUT2D eigenvalue weighted by atomic mass is 35.5. The molecule has 220 valence electrons. The van der Waals surface area contributed by atoms with Crippen LogP contribution in [0.25, 0.3) is 11.3 Å². The van der Waals surface area contributed by atoms with Gasteiger partial charge in [0.05, 0.1) is 18.0 Å². The summed E-state index contributed by atoms with van der Waals surface area (Å²) in [6, 6.07) is 18.8. The van der Waals surface area contributed by atoms with Crippen LogP contribution in [0.15, 0.2) is 77.9 Å². The molecule has 0 atom stereocenters. The number of benzene rings is 3. The number of aromatic nitrogens is 2. The van der Waals surface area contributed by atoms with E-state index >= 15 is 0 Å². The van der Waals surface area contributed by atoms with Gasteiger partial charge < -0.3 is 15.1 Å². The smallest absolute Gasteiger partial charge is 0.257 e. The van der Waals surface area contributed by atoms with Crippen LogP contribution in [0.4, 0.5) is 16.0 Å². The molecule has 1 aromatic heterocycles. The van der Waals surface area contributed by atoms with Crippen LogP contribution in [-0.4, -0.2) is 70.6 Å². The van der Waals surface area contributed by atoms with Gasteiger partial charge in [-0.25, -0.2) is 14.4 Å². The van der Waals surface area contributed by atoms with E-state index in [1.54, 1.807) is 60.8 Å². The van der Waals surface area contributed by atoms with E-state index in [2.05, 4.69) is 20.5 Å². The van der Waals surface area contributed by atoms with Crippen LogP contribution in [0.5, 0.6) is 0 Å². The van der Waals surface area contributed by atoms with Crippen LogP contribution in [0.3, 0.4) is 0 Å². The molecule has 2 aliphatic rings. The lowest BCUT2D eigenvalue weighted by Crippen LogP contribution is -2.52. The molecule has 9 nitrogen and oxygen atoms in total. The molecule has 0 bridgehead atoms. The van der Waals surface area contributed by atoms with Crippen molar-refractivity contribution < 1.29 is 9.18 Å². The third-order valence-electron chi connectivity index (χ3n) is 7.35. The Morgan fingerprint density at radius 2 is 1.72 bits per heavy atom. The predicted octanol–water partition coefficient (Wildman–Crippen LogP) is 5.58. The van der Waals surface area contributed by atoms with E-state index in [1.165, 1.54) is 6.07 Å². The number of hydrogen-bond acceptors (Lipinski definition) is 7. The maximum atomic E-state index is 14.8. The van der Waals surface area contributed by atoms with Gasteiger partial charge in [0.1, 0.15) is 5.82 Å². The number of likely N-dealkylation sites (N-methyl/N-ethyl adjacent to an activating group) is 1. The zero-order valence-corrected chi connectivity index (χ0v) is 23.6. The Morgan fingerprint density at radius 3 is 2.47 bits per heavy atom. The molecule has 43 heavy (non-hydrogen) atoms. The summed E-state index contributed by atoms with van der Waals surface area (Å²) in [4.78, 5) is 30.8. The molecule has 3 heterocycles. The molecule has 1 fully saturated rings. The minimum atomic E-state index is -0.366. The van der Waals surface area contributed by atoms with Gasteiger partial charge in [-0.2, -0.15) is 0 Å². The zero-order chi connectivity index (χ0) is 29.2. The molecule has 0 spiro atoms. The molecular weight excluding hydrogens is 567 g/mol. The highest BCUT2D eigenvalue weighted by molar-refractivity contribution is 6.31. The van der Waals surface area contributed by atoms with Gasteiger partial charge in [-0.3, -0.25) is 20.5 Å². The molecule has 1 saturated heterocycles. The van der Waals surface area contributed by atoms with Crippen molar-refractivity contribution in [1.82, 2.24) is 25.1 Å². The van der Waals surface area contributed by atoms with Gasteiger partial charge >= 0.3 is 0 Å². The molecule has 3 aromatic carbocycles. The number of carbonyl (C=O) groups is 1. The van der Waals surface area contributed by atoms with Crippen LogP contribution in [0, 0.1) is 11.2 Å². The largest absolute Gasteiger partial charge is 0.340 e. The Kier molecular flexibility index (Phi) is 8.79. The van der Waals surface area contributed by atoms with E-state index < -0.39 is 0 Å². The van der Waals surface area contributed by atoms with Crippen molar-refractivity contribution in [2.45, 2.75) is 14.0 Å². The summed E-state index contributed by atoms with van der Waals surface area (Å²) in [5, 5.41) is 14.7. The van der Waals surface area contributed by atoms with Gasteiger partial charge in [-0.15, -0.1) is 0 Å². The van der Waals surface area contributed by atoms with E-state index in [1.807, 2.05) is 18.0 Å². The lowest BCUT2D eigenvalue weighted by molar-refractivity contribution is 0.0968. The summed E-state index contributed by atoms with van der Waals surface area (Å²) in [7, 11) is 2.04. The number of fused-ring (bicyclic) bond motifs is 3. The summed E-state index contributed by atoms with van der Waals surface area (Å²) >= 11 is 6.36. The Morgan fingerprint density at radius 1 is 0.977 bits per heavy atom. The fourth-order valence-electron chi connectivity index (χ4n) is 4.99.